The molecule has 150 valence electrons. The van der Waals surface area contributed by atoms with Crippen LogP contribution in [-0.2, 0) is 0 Å². The Hall–Kier alpha value is -2.96. The van der Waals surface area contributed by atoms with E-state index in [2.05, 4.69) is 45.1 Å². The summed E-state index contributed by atoms with van der Waals surface area (Å²) in [7, 11) is 1.69. The van der Waals surface area contributed by atoms with Gasteiger partial charge in [0.25, 0.3) is 0 Å². The molecule has 0 radical (unpaired) electrons. The van der Waals surface area contributed by atoms with Gasteiger partial charge in [-0.1, -0.05) is 18.2 Å². The molecule has 1 aliphatic heterocycles. The zero-order valence-electron chi connectivity index (χ0n) is 16.6. The lowest BCUT2D eigenvalue weighted by Crippen LogP contribution is -2.54. The number of aromatic nitrogens is 1. The lowest BCUT2D eigenvalue weighted by molar-refractivity contribution is 0.0915. The molecule has 3 aromatic rings. The van der Waals surface area contributed by atoms with Gasteiger partial charge in [-0.3, -0.25) is 14.7 Å². The number of Topliss-reactive ketones (excluding diaryl/α,β-unsaturated/α-hetero) is 1. The molecule has 1 fully saturated rings. The monoisotopic (exact) mass is 390 g/mol. The molecule has 2 N–H and O–H groups in total. The smallest absolute Gasteiger partial charge is 0.167 e. The van der Waals surface area contributed by atoms with Crippen molar-refractivity contribution in [2.45, 2.75) is 12.6 Å². The number of hydrogen-bond acceptors (Lipinski definition) is 6. The number of ether oxygens (including phenoxy) is 1. The van der Waals surface area contributed by atoms with Crippen LogP contribution in [0, 0.1) is 0 Å². The Bertz CT molecular complexity index is 985. The van der Waals surface area contributed by atoms with E-state index in [4.69, 9.17) is 10.5 Å². The second-order valence-corrected chi connectivity index (χ2v) is 7.32. The molecule has 6 nitrogen and oxygen atoms in total. The van der Waals surface area contributed by atoms with E-state index >= 15 is 0 Å². The summed E-state index contributed by atoms with van der Waals surface area (Å²) < 4.78 is 5.41. The maximum absolute atomic E-state index is 12.4. The Morgan fingerprint density at radius 2 is 1.97 bits per heavy atom. The topological polar surface area (TPSA) is 71.7 Å². The first-order valence-corrected chi connectivity index (χ1v) is 9.90. The van der Waals surface area contributed by atoms with Crippen molar-refractivity contribution in [1.29, 1.82) is 0 Å². The normalized spacial score (nSPS) is 16.0. The van der Waals surface area contributed by atoms with Gasteiger partial charge in [-0.05, 0) is 35.7 Å². The van der Waals surface area contributed by atoms with Gasteiger partial charge in [0.15, 0.2) is 5.78 Å². The maximum Gasteiger partial charge on any atom is 0.167 e. The number of carbonyl (C=O) groups is 1. The molecular formula is C23H26N4O2. The predicted molar refractivity (Wildman–Crippen MR) is 115 cm³/mol. The van der Waals surface area contributed by atoms with Crippen LogP contribution < -0.4 is 15.4 Å². The summed E-state index contributed by atoms with van der Waals surface area (Å²) in [5.41, 5.74) is 8.18. The second kappa shape index (κ2) is 8.59. The molecule has 0 amide bonds. The largest absolute Gasteiger partial charge is 0.497 e. The van der Waals surface area contributed by atoms with Crippen molar-refractivity contribution in [3.05, 3.63) is 66.5 Å². The molecule has 1 aromatic heterocycles. The molecule has 2 heterocycles. The molecule has 0 saturated carbocycles. The van der Waals surface area contributed by atoms with Gasteiger partial charge in [-0.2, -0.15) is 0 Å². The van der Waals surface area contributed by atoms with Crippen LogP contribution in [-0.4, -0.2) is 55.1 Å². The number of anilines is 1. The number of piperazine rings is 1. The highest BCUT2D eigenvalue weighted by Gasteiger charge is 2.24. The number of hydrogen-bond donors (Lipinski definition) is 1. The van der Waals surface area contributed by atoms with E-state index in [9.17, 15) is 4.79 Å². The SMILES string of the molecule is COc1ccc2cccc(N3CCN(C(N)CC(=O)c4cccnc4)CC3)c2c1. The van der Waals surface area contributed by atoms with Crippen molar-refractivity contribution in [1.82, 2.24) is 9.88 Å². The Balaban J connectivity index is 1.42. The van der Waals surface area contributed by atoms with Gasteiger partial charge in [0.2, 0.25) is 0 Å². The second-order valence-electron chi connectivity index (χ2n) is 7.32. The van der Waals surface area contributed by atoms with Crippen LogP contribution in [0.3, 0.4) is 0 Å². The van der Waals surface area contributed by atoms with Crippen molar-refractivity contribution in [3.63, 3.8) is 0 Å². The third-order valence-corrected chi connectivity index (χ3v) is 5.57. The molecule has 4 rings (SSSR count). The molecule has 0 aliphatic carbocycles. The van der Waals surface area contributed by atoms with Crippen LogP contribution in [0.5, 0.6) is 5.75 Å². The van der Waals surface area contributed by atoms with Gasteiger partial charge in [-0.25, -0.2) is 0 Å². The van der Waals surface area contributed by atoms with Crippen molar-refractivity contribution in [2.24, 2.45) is 5.73 Å². The molecule has 0 spiro atoms. The number of pyridine rings is 1. The average Bonchev–Trinajstić information content (AvgIpc) is 2.79. The average molecular weight is 390 g/mol. The number of fused-ring (bicyclic) bond motifs is 1. The zero-order valence-corrected chi connectivity index (χ0v) is 16.6. The standard InChI is InChI=1S/C23H26N4O2/c1-29-19-8-7-17-4-2-6-21(20(17)14-19)26-10-12-27(13-11-26)23(24)15-22(28)18-5-3-9-25-16-18/h2-9,14,16,23H,10-13,15,24H2,1H3. The fraction of sp³-hybridized carbons (Fsp3) is 0.304. The molecule has 1 saturated heterocycles. The van der Waals surface area contributed by atoms with Crippen molar-refractivity contribution in [2.75, 3.05) is 38.2 Å². The van der Waals surface area contributed by atoms with Gasteiger partial charge < -0.3 is 15.4 Å². The van der Waals surface area contributed by atoms with Crippen LogP contribution in [0.2, 0.25) is 0 Å². The van der Waals surface area contributed by atoms with Crippen LogP contribution >= 0.6 is 0 Å². The van der Waals surface area contributed by atoms with Crippen LogP contribution in [0.1, 0.15) is 16.8 Å². The lowest BCUT2D eigenvalue weighted by atomic mass is 10.1. The number of benzene rings is 2. The third-order valence-electron chi connectivity index (χ3n) is 5.57. The number of ketones is 1. The Kier molecular flexibility index (Phi) is 5.74. The minimum absolute atomic E-state index is 0.0363. The molecule has 2 aromatic carbocycles. The number of nitrogens with zero attached hydrogens (tertiary/aromatic N) is 3. The van der Waals surface area contributed by atoms with E-state index in [1.807, 2.05) is 6.07 Å². The van der Waals surface area contributed by atoms with Gasteiger partial charge in [0, 0.05) is 61.6 Å². The van der Waals surface area contributed by atoms with E-state index < -0.39 is 0 Å². The highest BCUT2D eigenvalue weighted by atomic mass is 16.5. The zero-order chi connectivity index (χ0) is 20.2. The lowest BCUT2D eigenvalue weighted by Gasteiger charge is -2.39. The summed E-state index contributed by atoms with van der Waals surface area (Å²) in [6, 6.07) is 16.1. The minimum Gasteiger partial charge on any atom is -0.497 e. The first kappa shape index (κ1) is 19.4. The molecule has 29 heavy (non-hydrogen) atoms. The first-order chi connectivity index (χ1) is 14.2. The summed E-state index contributed by atoms with van der Waals surface area (Å²) >= 11 is 0. The highest BCUT2D eigenvalue weighted by molar-refractivity contribution is 5.96. The molecular weight excluding hydrogens is 364 g/mol. The molecule has 1 atom stereocenters. The van der Waals surface area contributed by atoms with Gasteiger partial charge in [0.1, 0.15) is 5.75 Å². The highest BCUT2D eigenvalue weighted by Crippen LogP contribution is 2.30. The number of methoxy groups -OCH3 is 1. The fourth-order valence-electron chi connectivity index (χ4n) is 3.90. The van der Waals surface area contributed by atoms with Crippen molar-refractivity contribution >= 4 is 22.2 Å². The Morgan fingerprint density at radius 1 is 1.14 bits per heavy atom. The third kappa shape index (κ3) is 4.23. The Labute approximate surface area is 170 Å². The van der Waals surface area contributed by atoms with Crippen LogP contribution in [0.4, 0.5) is 5.69 Å². The van der Waals surface area contributed by atoms with Gasteiger partial charge >= 0.3 is 0 Å². The number of rotatable bonds is 6. The molecule has 1 aliphatic rings. The first-order valence-electron chi connectivity index (χ1n) is 9.90. The molecule has 6 heteroatoms. The number of carbonyl (C=O) groups excluding carboxylic acids is 1. The van der Waals surface area contributed by atoms with Crippen LogP contribution in [0.25, 0.3) is 10.8 Å². The minimum atomic E-state index is -0.280. The van der Waals surface area contributed by atoms with E-state index in [-0.39, 0.29) is 11.9 Å². The predicted octanol–water partition coefficient (Wildman–Crippen LogP) is 2.92. The van der Waals surface area contributed by atoms with E-state index in [1.165, 1.54) is 16.5 Å². The van der Waals surface area contributed by atoms with E-state index in [0.717, 1.165) is 31.9 Å². The summed E-state index contributed by atoms with van der Waals surface area (Å²) in [6.07, 6.45) is 3.29. The fourth-order valence-corrected chi connectivity index (χ4v) is 3.90. The van der Waals surface area contributed by atoms with Gasteiger partial charge in [0.05, 0.1) is 13.3 Å². The summed E-state index contributed by atoms with van der Waals surface area (Å²) in [6.45, 7) is 3.37. The quantitative estimate of drug-likeness (QED) is 0.653. The maximum atomic E-state index is 12.4. The van der Waals surface area contributed by atoms with Crippen molar-refractivity contribution in [3.8, 4) is 5.75 Å². The summed E-state index contributed by atoms with van der Waals surface area (Å²) in [5.74, 6) is 0.897. The van der Waals surface area contributed by atoms with Crippen molar-refractivity contribution < 1.29 is 9.53 Å². The Morgan fingerprint density at radius 3 is 2.69 bits per heavy atom. The van der Waals surface area contributed by atoms with E-state index in [0.29, 0.717) is 12.0 Å². The molecule has 0 bridgehead atoms. The number of nitrogens with two attached hydrogens (primary N) is 1. The van der Waals surface area contributed by atoms with Gasteiger partial charge in [-0.15, -0.1) is 0 Å². The van der Waals surface area contributed by atoms with E-state index in [1.54, 1.807) is 31.6 Å². The van der Waals surface area contributed by atoms with Crippen LogP contribution in [0.15, 0.2) is 60.9 Å². The molecule has 1 unspecified atom stereocenters. The summed E-state index contributed by atoms with van der Waals surface area (Å²) in [5, 5.41) is 2.39. The summed E-state index contributed by atoms with van der Waals surface area (Å²) in [4.78, 5) is 21.0.